The summed E-state index contributed by atoms with van der Waals surface area (Å²) < 4.78 is 13.9. The standard InChI is InChI=1S/C25H22N4O2/c1-3-29-17(2)26-22-15-20(13-14-23(22)29)25-28-27-24(31-25)19-11-9-18(10-12-19)16-30-21-7-5-4-6-8-21/h4-15H,3,16H2,1-2H3. The third kappa shape index (κ3) is 3.80. The van der Waals surface area contributed by atoms with Crippen LogP contribution in [0.4, 0.5) is 0 Å². The van der Waals surface area contributed by atoms with E-state index in [4.69, 9.17) is 9.15 Å². The van der Waals surface area contributed by atoms with Crippen LogP contribution in [-0.2, 0) is 13.2 Å². The Morgan fingerprint density at radius 1 is 0.871 bits per heavy atom. The normalized spacial score (nSPS) is 11.2. The number of aromatic nitrogens is 4. The zero-order valence-corrected chi connectivity index (χ0v) is 17.4. The van der Waals surface area contributed by atoms with E-state index in [0.29, 0.717) is 18.4 Å². The summed E-state index contributed by atoms with van der Waals surface area (Å²) in [6.07, 6.45) is 0. The average Bonchev–Trinajstić information content (AvgIpc) is 3.42. The Kier molecular flexibility index (Phi) is 4.96. The first-order valence-corrected chi connectivity index (χ1v) is 10.3. The van der Waals surface area contributed by atoms with Crippen molar-refractivity contribution in [1.82, 2.24) is 19.7 Å². The molecular weight excluding hydrogens is 388 g/mol. The summed E-state index contributed by atoms with van der Waals surface area (Å²) >= 11 is 0. The molecule has 0 bridgehead atoms. The molecule has 0 saturated carbocycles. The molecule has 0 aliphatic heterocycles. The van der Waals surface area contributed by atoms with Gasteiger partial charge in [-0.25, -0.2) is 4.98 Å². The van der Waals surface area contributed by atoms with Crippen molar-refractivity contribution < 1.29 is 9.15 Å². The minimum absolute atomic E-state index is 0.483. The molecular formula is C25H22N4O2. The van der Waals surface area contributed by atoms with Gasteiger partial charge in [0.25, 0.3) is 0 Å². The van der Waals surface area contributed by atoms with Crippen molar-refractivity contribution in [2.75, 3.05) is 0 Å². The summed E-state index contributed by atoms with van der Waals surface area (Å²) in [7, 11) is 0. The number of nitrogens with zero attached hydrogens (tertiary/aromatic N) is 4. The minimum Gasteiger partial charge on any atom is -0.489 e. The second-order valence-electron chi connectivity index (χ2n) is 7.32. The van der Waals surface area contributed by atoms with Gasteiger partial charge in [0.1, 0.15) is 18.2 Å². The number of benzene rings is 3. The monoisotopic (exact) mass is 410 g/mol. The van der Waals surface area contributed by atoms with Crippen LogP contribution in [0, 0.1) is 6.92 Å². The lowest BCUT2D eigenvalue weighted by atomic mass is 10.1. The molecule has 0 amide bonds. The smallest absolute Gasteiger partial charge is 0.248 e. The summed E-state index contributed by atoms with van der Waals surface area (Å²) in [6, 6.07) is 23.8. The van der Waals surface area contributed by atoms with Crippen LogP contribution < -0.4 is 4.74 Å². The van der Waals surface area contributed by atoms with E-state index in [9.17, 15) is 0 Å². The topological polar surface area (TPSA) is 66.0 Å². The minimum atomic E-state index is 0.483. The molecule has 154 valence electrons. The third-order valence-corrected chi connectivity index (χ3v) is 5.28. The van der Waals surface area contributed by atoms with Gasteiger partial charge in [-0.15, -0.1) is 10.2 Å². The van der Waals surface area contributed by atoms with Gasteiger partial charge in [0.05, 0.1) is 11.0 Å². The van der Waals surface area contributed by atoms with E-state index >= 15 is 0 Å². The van der Waals surface area contributed by atoms with E-state index in [-0.39, 0.29) is 0 Å². The molecule has 2 aromatic heterocycles. The van der Waals surface area contributed by atoms with Crippen molar-refractivity contribution in [3.8, 4) is 28.7 Å². The fourth-order valence-corrected chi connectivity index (χ4v) is 3.67. The van der Waals surface area contributed by atoms with Crippen LogP contribution in [0.2, 0.25) is 0 Å². The third-order valence-electron chi connectivity index (χ3n) is 5.28. The first kappa shape index (κ1) is 19.1. The molecule has 6 heteroatoms. The van der Waals surface area contributed by atoms with Gasteiger partial charge in [0.2, 0.25) is 11.8 Å². The summed E-state index contributed by atoms with van der Waals surface area (Å²) in [5.74, 6) is 2.82. The number of ether oxygens (including phenoxy) is 1. The van der Waals surface area contributed by atoms with Gasteiger partial charge in [-0.1, -0.05) is 30.3 Å². The zero-order chi connectivity index (χ0) is 21.2. The Morgan fingerprint density at radius 2 is 1.58 bits per heavy atom. The first-order valence-electron chi connectivity index (χ1n) is 10.3. The van der Waals surface area contributed by atoms with Crippen molar-refractivity contribution in [1.29, 1.82) is 0 Å². The lowest BCUT2D eigenvalue weighted by Gasteiger charge is -2.06. The highest BCUT2D eigenvalue weighted by molar-refractivity contribution is 5.81. The molecule has 0 spiro atoms. The van der Waals surface area contributed by atoms with Gasteiger partial charge in [0.15, 0.2) is 0 Å². The molecule has 0 aliphatic carbocycles. The summed E-state index contributed by atoms with van der Waals surface area (Å²) in [5.41, 5.74) is 4.84. The van der Waals surface area contributed by atoms with Crippen LogP contribution in [0.15, 0.2) is 77.2 Å². The van der Waals surface area contributed by atoms with Gasteiger partial charge < -0.3 is 13.7 Å². The molecule has 0 saturated heterocycles. The molecule has 5 aromatic rings. The quantitative estimate of drug-likeness (QED) is 0.361. The summed E-state index contributed by atoms with van der Waals surface area (Å²) in [5, 5.41) is 8.47. The fourth-order valence-electron chi connectivity index (χ4n) is 3.67. The maximum atomic E-state index is 5.95. The molecule has 3 aromatic carbocycles. The van der Waals surface area contributed by atoms with Crippen molar-refractivity contribution in [2.45, 2.75) is 27.0 Å². The highest BCUT2D eigenvalue weighted by atomic mass is 16.5. The maximum Gasteiger partial charge on any atom is 0.248 e. The molecule has 6 nitrogen and oxygen atoms in total. The second kappa shape index (κ2) is 8.07. The van der Waals surface area contributed by atoms with Crippen LogP contribution in [0.1, 0.15) is 18.3 Å². The largest absolute Gasteiger partial charge is 0.489 e. The van der Waals surface area contributed by atoms with E-state index < -0.39 is 0 Å². The zero-order valence-electron chi connectivity index (χ0n) is 17.4. The Morgan fingerprint density at radius 3 is 2.32 bits per heavy atom. The highest BCUT2D eigenvalue weighted by Gasteiger charge is 2.13. The predicted molar refractivity (Wildman–Crippen MR) is 120 cm³/mol. The van der Waals surface area contributed by atoms with Gasteiger partial charge in [0, 0.05) is 17.7 Å². The number of aryl methyl sites for hydroxylation is 2. The van der Waals surface area contributed by atoms with Crippen LogP contribution in [0.25, 0.3) is 33.9 Å². The van der Waals surface area contributed by atoms with Gasteiger partial charge in [-0.2, -0.15) is 0 Å². The van der Waals surface area contributed by atoms with Gasteiger partial charge in [-0.3, -0.25) is 0 Å². The van der Waals surface area contributed by atoms with Crippen molar-refractivity contribution in [3.63, 3.8) is 0 Å². The van der Waals surface area contributed by atoms with E-state index in [1.54, 1.807) is 0 Å². The highest BCUT2D eigenvalue weighted by Crippen LogP contribution is 2.27. The number of hydrogen-bond acceptors (Lipinski definition) is 5. The van der Waals surface area contributed by atoms with Crippen molar-refractivity contribution >= 4 is 11.0 Å². The first-order chi connectivity index (χ1) is 15.2. The second-order valence-corrected chi connectivity index (χ2v) is 7.32. The number of rotatable bonds is 6. The lowest BCUT2D eigenvalue weighted by molar-refractivity contribution is 0.306. The maximum absolute atomic E-state index is 5.95. The Labute approximate surface area is 180 Å². The van der Waals surface area contributed by atoms with E-state index in [1.807, 2.05) is 73.7 Å². The predicted octanol–water partition coefficient (Wildman–Crippen LogP) is 5.66. The van der Waals surface area contributed by atoms with Crippen molar-refractivity contribution in [2.24, 2.45) is 0 Å². The summed E-state index contributed by atoms with van der Waals surface area (Å²) in [6.45, 7) is 5.52. The van der Waals surface area contributed by atoms with Crippen LogP contribution >= 0.6 is 0 Å². The lowest BCUT2D eigenvalue weighted by Crippen LogP contribution is -1.95. The summed E-state index contributed by atoms with van der Waals surface area (Å²) in [4.78, 5) is 4.65. The molecule has 0 fully saturated rings. The molecule has 0 N–H and O–H groups in total. The Balaban J connectivity index is 1.34. The van der Waals surface area contributed by atoms with Crippen LogP contribution in [0.5, 0.6) is 5.75 Å². The molecule has 2 heterocycles. The molecule has 0 radical (unpaired) electrons. The Bertz CT molecular complexity index is 1320. The average molecular weight is 410 g/mol. The molecule has 0 aliphatic rings. The number of imidazole rings is 1. The number of fused-ring (bicyclic) bond motifs is 1. The van der Waals surface area contributed by atoms with E-state index in [1.165, 1.54) is 0 Å². The molecule has 31 heavy (non-hydrogen) atoms. The van der Waals surface area contributed by atoms with Gasteiger partial charge >= 0.3 is 0 Å². The van der Waals surface area contributed by atoms with Crippen LogP contribution in [0.3, 0.4) is 0 Å². The van der Waals surface area contributed by atoms with E-state index in [2.05, 4.69) is 32.7 Å². The van der Waals surface area contributed by atoms with Crippen LogP contribution in [-0.4, -0.2) is 19.7 Å². The number of hydrogen-bond donors (Lipinski definition) is 0. The SMILES string of the molecule is CCn1c(C)nc2cc(-c3nnc(-c4ccc(COc5ccccc5)cc4)o3)ccc21. The Hall–Kier alpha value is -3.93. The molecule has 5 rings (SSSR count). The number of para-hydroxylation sites is 1. The van der Waals surface area contributed by atoms with E-state index in [0.717, 1.165) is 45.8 Å². The fraction of sp³-hybridized carbons (Fsp3) is 0.160. The molecule has 0 atom stereocenters. The van der Waals surface area contributed by atoms with Gasteiger partial charge in [-0.05, 0) is 61.9 Å². The van der Waals surface area contributed by atoms with Crippen molar-refractivity contribution in [3.05, 3.63) is 84.2 Å². The molecule has 0 unspecified atom stereocenters.